The topological polar surface area (TPSA) is 20.2 Å². The predicted molar refractivity (Wildman–Crippen MR) is 70.7 cm³/mol. The van der Waals surface area contributed by atoms with Gasteiger partial charge in [0.25, 0.3) is 0 Å². The van der Waals surface area contributed by atoms with Gasteiger partial charge in [0.1, 0.15) is 0 Å². The smallest absolute Gasteiger partial charge is 0.0543 e. The molecule has 2 bridgehead atoms. The molecule has 3 rings (SSSR count). The second-order valence-corrected chi connectivity index (χ2v) is 7.79. The summed E-state index contributed by atoms with van der Waals surface area (Å²) in [6.07, 6.45) is 9.12. The van der Waals surface area contributed by atoms with E-state index >= 15 is 0 Å². The minimum absolute atomic E-state index is 0.0129. The zero-order valence-corrected chi connectivity index (χ0v) is 11.7. The molecule has 0 saturated heterocycles. The first-order chi connectivity index (χ1) is 7.95. The number of hydrogen-bond acceptors (Lipinski definition) is 1. The van der Waals surface area contributed by atoms with E-state index in [9.17, 15) is 5.11 Å². The molecule has 0 aromatic rings. The molecule has 0 aromatic carbocycles. The van der Waals surface area contributed by atoms with Crippen LogP contribution in [0.4, 0.5) is 0 Å². The highest BCUT2D eigenvalue weighted by Crippen LogP contribution is 2.66. The summed E-state index contributed by atoms with van der Waals surface area (Å²) >= 11 is 0. The summed E-state index contributed by atoms with van der Waals surface area (Å²) in [7, 11) is 0. The van der Waals surface area contributed by atoms with Gasteiger partial charge in [0.2, 0.25) is 0 Å². The van der Waals surface area contributed by atoms with Gasteiger partial charge in [0.15, 0.2) is 0 Å². The molecule has 3 aliphatic rings. The Morgan fingerprint density at radius 3 is 2.41 bits per heavy atom. The Hall–Kier alpha value is -0.0400. The van der Waals surface area contributed by atoms with Gasteiger partial charge in [0.05, 0.1) is 6.10 Å². The molecule has 1 heteroatoms. The molecule has 0 radical (unpaired) electrons. The van der Waals surface area contributed by atoms with Crippen LogP contribution in [-0.2, 0) is 0 Å². The van der Waals surface area contributed by atoms with Gasteiger partial charge < -0.3 is 5.11 Å². The molecular formula is C16H28O. The van der Waals surface area contributed by atoms with E-state index in [2.05, 4.69) is 20.8 Å². The van der Waals surface area contributed by atoms with Crippen LogP contribution < -0.4 is 0 Å². The maximum absolute atomic E-state index is 10.1. The molecule has 17 heavy (non-hydrogen) atoms. The Labute approximate surface area is 106 Å². The maximum Gasteiger partial charge on any atom is 0.0543 e. The Morgan fingerprint density at radius 2 is 1.65 bits per heavy atom. The number of hydrogen-bond donors (Lipinski definition) is 1. The van der Waals surface area contributed by atoms with Gasteiger partial charge >= 0.3 is 0 Å². The average molecular weight is 236 g/mol. The lowest BCUT2D eigenvalue weighted by atomic mass is 9.55. The van der Waals surface area contributed by atoms with Crippen LogP contribution in [0.3, 0.4) is 0 Å². The molecule has 5 atom stereocenters. The molecule has 3 saturated carbocycles. The molecule has 0 amide bonds. The SMILES string of the molecule is CC1(C)C2CCC3CCC(O)CC3C1(C)CC2. The van der Waals surface area contributed by atoms with Gasteiger partial charge in [-0.15, -0.1) is 0 Å². The minimum atomic E-state index is -0.0129. The van der Waals surface area contributed by atoms with Crippen LogP contribution in [0.25, 0.3) is 0 Å². The van der Waals surface area contributed by atoms with Crippen molar-refractivity contribution >= 4 is 0 Å². The summed E-state index contributed by atoms with van der Waals surface area (Å²) in [5.41, 5.74) is 0.976. The average Bonchev–Trinajstić information content (AvgIpc) is 2.45. The highest BCUT2D eigenvalue weighted by Gasteiger charge is 2.58. The summed E-state index contributed by atoms with van der Waals surface area (Å²) in [4.78, 5) is 0. The van der Waals surface area contributed by atoms with Crippen molar-refractivity contribution in [1.29, 1.82) is 0 Å². The van der Waals surface area contributed by atoms with Gasteiger partial charge in [-0.05, 0) is 73.5 Å². The van der Waals surface area contributed by atoms with Gasteiger partial charge in [-0.1, -0.05) is 20.8 Å². The zero-order chi connectivity index (χ0) is 12.3. The lowest BCUT2D eigenvalue weighted by molar-refractivity contribution is -0.0383. The van der Waals surface area contributed by atoms with Gasteiger partial charge in [0, 0.05) is 0 Å². The number of aliphatic hydroxyl groups is 1. The Kier molecular flexibility index (Phi) is 2.63. The monoisotopic (exact) mass is 236 g/mol. The fraction of sp³-hybridized carbons (Fsp3) is 1.00. The standard InChI is InChI=1S/C16H28O/c1-15(2)12-6-4-11-5-7-13(17)10-14(11)16(15,3)9-8-12/h11-14,17H,4-10H2,1-3H3. The van der Waals surface area contributed by atoms with E-state index in [0.717, 1.165) is 30.6 Å². The largest absolute Gasteiger partial charge is 0.393 e. The maximum atomic E-state index is 10.1. The van der Waals surface area contributed by atoms with Crippen LogP contribution in [0.1, 0.15) is 65.7 Å². The molecule has 1 N–H and O–H groups in total. The van der Waals surface area contributed by atoms with Crippen molar-refractivity contribution < 1.29 is 5.11 Å². The molecule has 3 aliphatic carbocycles. The highest BCUT2D eigenvalue weighted by atomic mass is 16.3. The number of fused-ring (bicyclic) bond motifs is 4. The second-order valence-electron chi connectivity index (χ2n) is 7.79. The van der Waals surface area contributed by atoms with Crippen LogP contribution in [0.15, 0.2) is 0 Å². The van der Waals surface area contributed by atoms with Crippen LogP contribution >= 0.6 is 0 Å². The first kappa shape index (κ1) is 12.0. The van der Waals surface area contributed by atoms with Crippen LogP contribution in [-0.4, -0.2) is 11.2 Å². The van der Waals surface area contributed by atoms with Gasteiger partial charge in [-0.25, -0.2) is 0 Å². The molecule has 0 spiro atoms. The van der Waals surface area contributed by atoms with Crippen molar-refractivity contribution in [2.45, 2.75) is 71.8 Å². The lowest BCUT2D eigenvalue weighted by Crippen LogP contribution is -2.44. The van der Waals surface area contributed by atoms with E-state index in [0.29, 0.717) is 10.8 Å². The van der Waals surface area contributed by atoms with E-state index in [1.54, 1.807) is 0 Å². The fourth-order valence-corrected chi connectivity index (χ4v) is 5.54. The van der Waals surface area contributed by atoms with Crippen molar-refractivity contribution in [2.24, 2.45) is 28.6 Å². The van der Waals surface area contributed by atoms with E-state index in [-0.39, 0.29) is 6.10 Å². The second kappa shape index (κ2) is 3.73. The Bertz CT molecular complexity index is 309. The molecule has 5 unspecified atom stereocenters. The summed E-state index contributed by atoms with van der Waals surface area (Å²) in [5, 5.41) is 10.1. The third kappa shape index (κ3) is 1.54. The summed E-state index contributed by atoms with van der Waals surface area (Å²) in [5.74, 6) is 2.64. The normalized spacial score (nSPS) is 52.9. The number of rotatable bonds is 0. The summed E-state index contributed by atoms with van der Waals surface area (Å²) in [6.45, 7) is 7.55. The first-order valence-electron chi connectivity index (χ1n) is 7.63. The molecule has 0 aliphatic heterocycles. The third-order valence-electron chi connectivity index (χ3n) is 7.17. The van der Waals surface area contributed by atoms with E-state index in [1.807, 2.05) is 0 Å². The first-order valence-corrected chi connectivity index (χ1v) is 7.63. The molecule has 1 nitrogen and oxygen atoms in total. The molecular weight excluding hydrogens is 208 g/mol. The quantitative estimate of drug-likeness (QED) is 0.674. The van der Waals surface area contributed by atoms with E-state index in [4.69, 9.17) is 0 Å². The van der Waals surface area contributed by atoms with Crippen LogP contribution in [0, 0.1) is 28.6 Å². The Morgan fingerprint density at radius 1 is 0.941 bits per heavy atom. The van der Waals surface area contributed by atoms with Crippen molar-refractivity contribution in [3.05, 3.63) is 0 Å². The van der Waals surface area contributed by atoms with E-state index < -0.39 is 0 Å². The van der Waals surface area contributed by atoms with E-state index in [1.165, 1.54) is 32.1 Å². The molecule has 0 aromatic heterocycles. The van der Waals surface area contributed by atoms with Crippen molar-refractivity contribution in [1.82, 2.24) is 0 Å². The van der Waals surface area contributed by atoms with Crippen LogP contribution in [0.5, 0.6) is 0 Å². The zero-order valence-electron chi connectivity index (χ0n) is 11.7. The van der Waals surface area contributed by atoms with Crippen LogP contribution in [0.2, 0.25) is 0 Å². The van der Waals surface area contributed by atoms with Crippen molar-refractivity contribution in [2.75, 3.05) is 0 Å². The fourth-order valence-electron chi connectivity index (χ4n) is 5.54. The highest BCUT2D eigenvalue weighted by molar-refractivity contribution is 5.08. The van der Waals surface area contributed by atoms with Crippen molar-refractivity contribution in [3.8, 4) is 0 Å². The predicted octanol–water partition coefficient (Wildman–Crippen LogP) is 4.00. The lowest BCUT2D eigenvalue weighted by Gasteiger charge is -2.50. The summed E-state index contributed by atoms with van der Waals surface area (Å²) in [6, 6.07) is 0. The summed E-state index contributed by atoms with van der Waals surface area (Å²) < 4.78 is 0. The van der Waals surface area contributed by atoms with Gasteiger partial charge in [-0.3, -0.25) is 0 Å². The minimum Gasteiger partial charge on any atom is -0.393 e. The third-order valence-corrected chi connectivity index (χ3v) is 7.17. The molecule has 3 fully saturated rings. The van der Waals surface area contributed by atoms with Crippen molar-refractivity contribution in [3.63, 3.8) is 0 Å². The molecule has 0 heterocycles. The number of aliphatic hydroxyl groups excluding tert-OH is 1. The van der Waals surface area contributed by atoms with Gasteiger partial charge in [-0.2, -0.15) is 0 Å². The molecule has 98 valence electrons. The Balaban J connectivity index is 1.97.